The Hall–Kier alpha value is -4.49. The Morgan fingerprint density at radius 3 is 0.981 bits per heavy atom. The van der Waals surface area contributed by atoms with Gasteiger partial charge in [0.05, 0.1) is 22.2 Å². The summed E-state index contributed by atoms with van der Waals surface area (Å²) in [6, 6.07) is 30.7. The molecular weight excluding hydrogens is 685 g/mol. The van der Waals surface area contributed by atoms with E-state index < -0.39 is 16.1 Å². The Bertz CT molecular complexity index is 2480. The van der Waals surface area contributed by atoms with E-state index in [4.69, 9.17) is 9.97 Å². The van der Waals surface area contributed by atoms with Gasteiger partial charge in [-0.25, -0.2) is 9.97 Å². The third kappa shape index (κ3) is 5.85. The maximum Gasteiger partial charge on any atom is 0.146 e. The standard InChI is InChI=1S/C50H56N2Si2/c1-31(2)53(32(3)4,33(5)6)27-25-43-45-29-37-19-13-14-20-38(37)30-46(45)44(26-28-54(34(7)8,35(9)10)36(11)12)50-49(43)51-47-41-23-17-15-21-39(41)40-22-16-18-24-42(40)48(47)52-50/h13-24,29-36H,1-12H3. The van der Waals surface area contributed by atoms with Crippen LogP contribution >= 0.6 is 0 Å². The molecule has 0 aliphatic carbocycles. The second-order valence-electron chi connectivity index (χ2n) is 17.5. The third-order valence-electron chi connectivity index (χ3n) is 13.0. The lowest BCUT2D eigenvalue weighted by atomic mass is 9.93. The molecule has 0 atom stereocenters. The minimum Gasteiger partial charge on any atom is -0.242 e. The van der Waals surface area contributed by atoms with E-state index in [1.807, 2.05) is 0 Å². The van der Waals surface area contributed by atoms with Gasteiger partial charge in [-0.15, -0.1) is 11.1 Å². The first kappa shape index (κ1) is 37.8. The lowest BCUT2D eigenvalue weighted by Crippen LogP contribution is -2.43. The van der Waals surface area contributed by atoms with Gasteiger partial charge in [0.2, 0.25) is 0 Å². The SMILES string of the molecule is CC(C)[Si](C#Cc1c2cc3ccccc3cc2c(C#C[Si](C(C)C)(C(C)C)C(C)C)c2nc3c4ccccc4c4ccccc4c3nc12)(C(C)C)C(C)C. The van der Waals surface area contributed by atoms with Gasteiger partial charge >= 0.3 is 0 Å². The van der Waals surface area contributed by atoms with Gasteiger partial charge in [0.25, 0.3) is 0 Å². The van der Waals surface area contributed by atoms with Crippen molar-refractivity contribution in [3.8, 4) is 22.9 Å². The highest BCUT2D eigenvalue weighted by Crippen LogP contribution is 2.44. The number of aromatic nitrogens is 2. The predicted octanol–water partition coefficient (Wildman–Crippen LogP) is 14.5. The van der Waals surface area contributed by atoms with Crippen molar-refractivity contribution >= 4 is 81.3 Å². The Labute approximate surface area is 325 Å². The largest absolute Gasteiger partial charge is 0.242 e. The molecular formula is C50H56N2Si2. The summed E-state index contributed by atoms with van der Waals surface area (Å²) in [6.07, 6.45) is 0. The first-order valence-electron chi connectivity index (χ1n) is 20.2. The van der Waals surface area contributed by atoms with Crippen LogP contribution in [0.4, 0.5) is 0 Å². The molecule has 2 nitrogen and oxygen atoms in total. The summed E-state index contributed by atoms with van der Waals surface area (Å²) in [6.45, 7) is 28.7. The molecule has 0 bridgehead atoms. The normalized spacial score (nSPS) is 12.8. The summed E-state index contributed by atoms with van der Waals surface area (Å²) >= 11 is 0. The van der Waals surface area contributed by atoms with Crippen LogP contribution in [0.25, 0.3) is 65.2 Å². The van der Waals surface area contributed by atoms with Crippen LogP contribution in [0.2, 0.25) is 33.2 Å². The summed E-state index contributed by atoms with van der Waals surface area (Å²) in [7, 11) is -4.19. The molecule has 0 aliphatic heterocycles. The van der Waals surface area contributed by atoms with E-state index in [1.54, 1.807) is 0 Å². The molecule has 7 aromatic rings. The van der Waals surface area contributed by atoms with Crippen LogP contribution in [0.1, 0.15) is 94.2 Å². The zero-order chi connectivity index (χ0) is 38.7. The van der Waals surface area contributed by atoms with Crippen LogP contribution in [0.3, 0.4) is 0 Å². The number of fused-ring (bicyclic) bond motifs is 9. The monoisotopic (exact) mass is 740 g/mol. The predicted molar refractivity (Wildman–Crippen MR) is 243 cm³/mol. The molecule has 54 heavy (non-hydrogen) atoms. The third-order valence-corrected chi connectivity index (χ3v) is 25.6. The Morgan fingerprint density at radius 1 is 0.370 bits per heavy atom. The number of hydrogen-bond acceptors (Lipinski definition) is 2. The van der Waals surface area contributed by atoms with Crippen molar-refractivity contribution < 1.29 is 0 Å². The van der Waals surface area contributed by atoms with Crippen LogP contribution in [0.5, 0.6) is 0 Å². The van der Waals surface area contributed by atoms with Gasteiger partial charge in [0.15, 0.2) is 0 Å². The second-order valence-corrected chi connectivity index (χ2v) is 28.7. The highest BCUT2D eigenvalue weighted by Gasteiger charge is 2.43. The van der Waals surface area contributed by atoms with Gasteiger partial charge in [0.1, 0.15) is 27.2 Å². The van der Waals surface area contributed by atoms with E-state index in [0.717, 1.165) is 54.7 Å². The van der Waals surface area contributed by atoms with Crippen LogP contribution in [0.15, 0.2) is 84.9 Å². The zero-order valence-electron chi connectivity index (χ0n) is 34.4. The maximum absolute atomic E-state index is 5.73. The fourth-order valence-electron chi connectivity index (χ4n) is 10.4. The molecule has 0 radical (unpaired) electrons. The molecule has 1 aromatic heterocycles. The van der Waals surface area contributed by atoms with Crippen molar-refractivity contribution in [1.29, 1.82) is 0 Å². The van der Waals surface area contributed by atoms with E-state index in [9.17, 15) is 0 Å². The summed E-state index contributed by atoms with van der Waals surface area (Å²) in [5.74, 6) is 7.91. The molecule has 0 fully saturated rings. The van der Waals surface area contributed by atoms with Crippen molar-refractivity contribution in [2.45, 2.75) is 116 Å². The molecule has 0 saturated carbocycles. The van der Waals surface area contributed by atoms with Crippen LogP contribution in [-0.4, -0.2) is 26.1 Å². The first-order valence-corrected chi connectivity index (χ1v) is 24.7. The van der Waals surface area contributed by atoms with Gasteiger partial charge in [0, 0.05) is 21.5 Å². The minimum atomic E-state index is -2.10. The molecule has 0 amide bonds. The van der Waals surface area contributed by atoms with Gasteiger partial charge < -0.3 is 0 Å². The number of benzene rings is 6. The van der Waals surface area contributed by atoms with Gasteiger partial charge in [-0.05, 0) is 66.9 Å². The maximum atomic E-state index is 5.73. The fraction of sp³-hybridized carbons (Fsp3) is 0.360. The second kappa shape index (κ2) is 14.3. The van der Waals surface area contributed by atoms with Crippen LogP contribution in [-0.2, 0) is 0 Å². The van der Waals surface area contributed by atoms with Crippen molar-refractivity contribution in [2.75, 3.05) is 0 Å². The van der Waals surface area contributed by atoms with E-state index in [-0.39, 0.29) is 0 Å². The van der Waals surface area contributed by atoms with Gasteiger partial charge in [-0.1, -0.05) is 168 Å². The van der Waals surface area contributed by atoms with Crippen molar-refractivity contribution in [3.05, 3.63) is 96.1 Å². The smallest absolute Gasteiger partial charge is 0.146 e. The fourth-order valence-corrected chi connectivity index (χ4v) is 20.8. The molecule has 6 aromatic carbocycles. The van der Waals surface area contributed by atoms with Crippen LogP contribution < -0.4 is 0 Å². The van der Waals surface area contributed by atoms with Crippen molar-refractivity contribution in [2.24, 2.45) is 0 Å². The molecule has 0 spiro atoms. The summed E-state index contributed by atoms with van der Waals surface area (Å²) < 4.78 is 0. The lowest BCUT2D eigenvalue weighted by molar-refractivity contribution is 0.838. The number of rotatable bonds is 6. The Kier molecular flexibility index (Phi) is 10.0. The van der Waals surface area contributed by atoms with Gasteiger partial charge in [-0.2, -0.15) is 0 Å². The minimum absolute atomic E-state index is 0.511. The van der Waals surface area contributed by atoms with E-state index in [0.29, 0.717) is 33.2 Å². The summed E-state index contributed by atoms with van der Waals surface area (Å²) in [4.78, 5) is 11.5. The quantitative estimate of drug-likeness (QED) is 0.0734. The molecule has 0 saturated heterocycles. The van der Waals surface area contributed by atoms with E-state index in [2.05, 4.69) is 191 Å². The summed E-state index contributed by atoms with van der Waals surface area (Å²) in [5, 5.41) is 9.28. The molecule has 0 aliphatic rings. The summed E-state index contributed by atoms with van der Waals surface area (Å²) in [5.41, 5.74) is 16.8. The highest BCUT2D eigenvalue weighted by molar-refractivity contribution is 6.91. The van der Waals surface area contributed by atoms with Crippen molar-refractivity contribution in [3.63, 3.8) is 0 Å². The average molecular weight is 741 g/mol. The topological polar surface area (TPSA) is 25.8 Å². The first-order chi connectivity index (χ1) is 25.7. The van der Waals surface area contributed by atoms with E-state index in [1.165, 1.54) is 21.5 Å². The Morgan fingerprint density at radius 2 is 0.667 bits per heavy atom. The molecule has 1 heterocycles. The molecule has 0 N–H and O–H groups in total. The molecule has 274 valence electrons. The van der Waals surface area contributed by atoms with E-state index >= 15 is 0 Å². The number of hydrogen-bond donors (Lipinski definition) is 0. The van der Waals surface area contributed by atoms with Crippen LogP contribution in [0, 0.1) is 22.9 Å². The Balaban J connectivity index is 1.77. The van der Waals surface area contributed by atoms with Gasteiger partial charge in [-0.3, -0.25) is 0 Å². The number of nitrogens with zero attached hydrogens (tertiary/aromatic N) is 2. The zero-order valence-corrected chi connectivity index (χ0v) is 36.4. The average Bonchev–Trinajstić information content (AvgIpc) is 3.13. The molecule has 7 rings (SSSR count). The molecule has 4 heteroatoms. The highest BCUT2D eigenvalue weighted by atomic mass is 28.3. The molecule has 0 unspecified atom stereocenters. The van der Waals surface area contributed by atoms with Crippen molar-refractivity contribution in [1.82, 2.24) is 9.97 Å². The lowest BCUT2D eigenvalue weighted by Gasteiger charge is -2.38.